The largest absolute Gasteiger partial charge is 0.325 e. The molecule has 3 nitrogen and oxygen atoms in total. The average molecular weight is 274 g/mol. The second kappa shape index (κ2) is 6.50. The third-order valence-electron chi connectivity index (χ3n) is 2.95. The van der Waals surface area contributed by atoms with Gasteiger partial charge in [0.1, 0.15) is 0 Å². The summed E-state index contributed by atoms with van der Waals surface area (Å²) in [4.78, 5) is 11.8. The Kier molecular flexibility index (Phi) is 4.71. The van der Waals surface area contributed by atoms with E-state index in [1.807, 2.05) is 36.6 Å². The zero-order valence-electron chi connectivity index (χ0n) is 11.1. The number of aryl methyl sites for hydroxylation is 1. The number of amides is 1. The first-order valence-corrected chi connectivity index (χ1v) is 7.21. The summed E-state index contributed by atoms with van der Waals surface area (Å²) in [5, 5.41) is 10.2. The van der Waals surface area contributed by atoms with Crippen LogP contribution in [0.25, 0.3) is 0 Å². The average Bonchev–Trinajstić information content (AvgIpc) is 2.93. The Bertz CT molecular complexity index is 520. The maximum atomic E-state index is 11.8. The second-order valence-corrected chi connectivity index (χ2v) is 5.35. The van der Waals surface area contributed by atoms with E-state index in [1.165, 1.54) is 11.1 Å². The Hall–Kier alpha value is -1.65. The fraction of sp³-hybridized carbons (Fsp3) is 0.267. The van der Waals surface area contributed by atoms with Gasteiger partial charge in [-0.15, -0.1) is 0 Å². The van der Waals surface area contributed by atoms with Crippen LogP contribution in [0.3, 0.4) is 0 Å². The molecular weight excluding hydrogens is 256 g/mol. The number of carbonyl (C=O) groups is 1. The monoisotopic (exact) mass is 274 g/mol. The molecule has 1 aromatic heterocycles. The zero-order valence-corrected chi connectivity index (χ0v) is 12.0. The van der Waals surface area contributed by atoms with Crippen LogP contribution in [0.5, 0.6) is 0 Å². The summed E-state index contributed by atoms with van der Waals surface area (Å²) < 4.78 is 0. The van der Waals surface area contributed by atoms with Crippen molar-refractivity contribution in [2.45, 2.75) is 19.9 Å². The van der Waals surface area contributed by atoms with Gasteiger partial charge in [-0.1, -0.05) is 17.7 Å². The van der Waals surface area contributed by atoms with Gasteiger partial charge in [0.2, 0.25) is 5.91 Å². The van der Waals surface area contributed by atoms with Crippen LogP contribution in [-0.4, -0.2) is 12.5 Å². The van der Waals surface area contributed by atoms with E-state index >= 15 is 0 Å². The van der Waals surface area contributed by atoms with E-state index in [9.17, 15) is 4.79 Å². The summed E-state index contributed by atoms with van der Waals surface area (Å²) in [7, 11) is 0. The SMILES string of the molecule is Cc1ccc(NC(=O)CNC(C)c2ccsc2)cc1. The minimum atomic E-state index is -0.0223. The third kappa shape index (κ3) is 4.19. The molecule has 0 aliphatic carbocycles. The van der Waals surface area contributed by atoms with Gasteiger partial charge in [0.25, 0.3) is 0 Å². The van der Waals surface area contributed by atoms with Gasteiger partial charge in [-0.2, -0.15) is 11.3 Å². The zero-order chi connectivity index (χ0) is 13.7. The normalized spacial score (nSPS) is 12.1. The molecular formula is C15H18N2OS. The molecule has 1 aromatic carbocycles. The highest BCUT2D eigenvalue weighted by molar-refractivity contribution is 7.07. The lowest BCUT2D eigenvalue weighted by Crippen LogP contribution is -2.29. The van der Waals surface area contributed by atoms with Gasteiger partial charge in [0.15, 0.2) is 0 Å². The molecule has 0 saturated carbocycles. The van der Waals surface area contributed by atoms with Crippen molar-refractivity contribution in [2.75, 3.05) is 11.9 Å². The first-order chi connectivity index (χ1) is 9.15. The fourth-order valence-electron chi connectivity index (χ4n) is 1.73. The molecule has 0 aliphatic heterocycles. The highest BCUT2D eigenvalue weighted by atomic mass is 32.1. The lowest BCUT2D eigenvalue weighted by atomic mass is 10.2. The van der Waals surface area contributed by atoms with E-state index < -0.39 is 0 Å². The number of nitrogens with one attached hydrogen (secondary N) is 2. The number of carbonyl (C=O) groups excluding carboxylic acids is 1. The fourth-order valence-corrected chi connectivity index (χ4v) is 2.48. The molecule has 2 aromatic rings. The van der Waals surface area contributed by atoms with Gasteiger partial charge in [-0.3, -0.25) is 4.79 Å². The predicted molar refractivity (Wildman–Crippen MR) is 80.5 cm³/mol. The number of thiophene rings is 1. The van der Waals surface area contributed by atoms with Crippen molar-refractivity contribution in [1.29, 1.82) is 0 Å². The Morgan fingerprint density at radius 2 is 2.00 bits per heavy atom. The lowest BCUT2D eigenvalue weighted by Gasteiger charge is -2.12. The molecule has 0 fully saturated rings. The second-order valence-electron chi connectivity index (χ2n) is 4.57. The molecule has 1 atom stereocenters. The van der Waals surface area contributed by atoms with Gasteiger partial charge in [0.05, 0.1) is 6.54 Å². The Labute approximate surface area is 117 Å². The summed E-state index contributed by atoms with van der Waals surface area (Å²) in [5.74, 6) is -0.0223. The summed E-state index contributed by atoms with van der Waals surface area (Å²) in [6, 6.07) is 10.1. The van der Waals surface area contributed by atoms with E-state index in [-0.39, 0.29) is 11.9 Å². The molecule has 2 rings (SSSR count). The first-order valence-electron chi connectivity index (χ1n) is 6.27. The summed E-state index contributed by atoms with van der Waals surface area (Å²) in [5.41, 5.74) is 3.23. The van der Waals surface area contributed by atoms with Gasteiger partial charge in [-0.25, -0.2) is 0 Å². The molecule has 0 aliphatic rings. The number of rotatable bonds is 5. The van der Waals surface area contributed by atoms with Crippen molar-refractivity contribution in [2.24, 2.45) is 0 Å². The molecule has 4 heteroatoms. The molecule has 1 heterocycles. The van der Waals surface area contributed by atoms with Crippen LogP contribution in [0.2, 0.25) is 0 Å². The quantitative estimate of drug-likeness (QED) is 0.878. The smallest absolute Gasteiger partial charge is 0.238 e. The van der Waals surface area contributed by atoms with E-state index in [0.29, 0.717) is 6.54 Å². The van der Waals surface area contributed by atoms with E-state index in [0.717, 1.165) is 5.69 Å². The van der Waals surface area contributed by atoms with Crippen LogP contribution < -0.4 is 10.6 Å². The van der Waals surface area contributed by atoms with Crippen LogP contribution >= 0.6 is 11.3 Å². The molecule has 0 radical (unpaired) electrons. The standard InChI is InChI=1S/C15H18N2OS/c1-11-3-5-14(6-4-11)17-15(18)9-16-12(2)13-7-8-19-10-13/h3-8,10,12,16H,9H2,1-2H3,(H,17,18). The van der Waals surface area contributed by atoms with Crippen molar-refractivity contribution in [3.8, 4) is 0 Å². The lowest BCUT2D eigenvalue weighted by molar-refractivity contribution is -0.115. The highest BCUT2D eigenvalue weighted by Gasteiger charge is 2.08. The first kappa shape index (κ1) is 13.8. The molecule has 1 amide bonds. The third-order valence-corrected chi connectivity index (χ3v) is 3.65. The Morgan fingerprint density at radius 3 is 2.63 bits per heavy atom. The Balaban J connectivity index is 1.80. The Morgan fingerprint density at radius 1 is 1.26 bits per heavy atom. The van der Waals surface area contributed by atoms with E-state index in [4.69, 9.17) is 0 Å². The van der Waals surface area contributed by atoms with Crippen LogP contribution in [0.15, 0.2) is 41.1 Å². The summed E-state index contributed by atoms with van der Waals surface area (Å²) >= 11 is 1.67. The van der Waals surface area contributed by atoms with E-state index in [1.54, 1.807) is 11.3 Å². The minimum Gasteiger partial charge on any atom is -0.325 e. The number of benzene rings is 1. The predicted octanol–water partition coefficient (Wildman–Crippen LogP) is 3.35. The van der Waals surface area contributed by atoms with Gasteiger partial charge < -0.3 is 10.6 Å². The summed E-state index contributed by atoms with van der Waals surface area (Å²) in [6.07, 6.45) is 0. The van der Waals surface area contributed by atoms with E-state index in [2.05, 4.69) is 29.0 Å². The van der Waals surface area contributed by atoms with Crippen molar-refractivity contribution in [3.05, 3.63) is 52.2 Å². The van der Waals surface area contributed by atoms with Crippen LogP contribution in [0.4, 0.5) is 5.69 Å². The van der Waals surface area contributed by atoms with Gasteiger partial charge in [-0.05, 0) is 48.4 Å². The maximum absolute atomic E-state index is 11.8. The van der Waals surface area contributed by atoms with Crippen molar-refractivity contribution < 1.29 is 4.79 Å². The van der Waals surface area contributed by atoms with Gasteiger partial charge in [0, 0.05) is 11.7 Å². The van der Waals surface area contributed by atoms with Crippen molar-refractivity contribution in [1.82, 2.24) is 5.32 Å². The molecule has 0 saturated heterocycles. The molecule has 1 unspecified atom stereocenters. The summed E-state index contributed by atoms with van der Waals surface area (Å²) in [6.45, 7) is 4.39. The van der Waals surface area contributed by atoms with Crippen LogP contribution in [0, 0.1) is 6.92 Å². The van der Waals surface area contributed by atoms with Crippen molar-refractivity contribution in [3.63, 3.8) is 0 Å². The van der Waals surface area contributed by atoms with Gasteiger partial charge >= 0.3 is 0 Å². The molecule has 0 bridgehead atoms. The topological polar surface area (TPSA) is 41.1 Å². The molecule has 19 heavy (non-hydrogen) atoms. The number of hydrogen-bond donors (Lipinski definition) is 2. The van der Waals surface area contributed by atoms with Crippen LogP contribution in [-0.2, 0) is 4.79 Å². The number of hydrogen-bond acceptors (Lipinski definition) is 3. The highest BCUT2D eigenvalue weighted by Crippen LogP contribution is 2.15. The van der Waals surface area contributed by atoms with Crippen LogP contribution in [0.1, 0.15) is 24.1 Å². The van der Waals surface area contributed by atoms with Crippen molar-refractivity contribution >= 4 is 22.9 Å². The number of anilines is 1. The minimum absolute atomic E-state index is 0.0223. The molecule has 0 spiro atoms. The molecule has 100 valence electrons. The molecule has 2 N–H and O–H groups in total. The maximum Gasteiger partial charge on any atom is 0.238 e.